The number of morpholine rings is 1. The van der Waals surface area contributed by atoms with Crippen LogP contribution in [0.5, 0.6) is 0 Å². The summed E-state index contributed by atoms with van der Waals surface area (Å²) in [5, 5.41) is 8.91. The molecule has 2 saturated heterocycles. The van der Waals surface area contributed by atoms with E-state index in [1.165, 1.54) is 11.1 Å². The Labute approximate surface area is 195 Å². The molecule has 172 valence electrons. The van der Waals surface area contributed by atoms with Crippen molar-refractivity contribution in [2.24, 2.45) is 0 Å². The number of ether oxygens (including phenoxy) is 1. The van der Waals surface area contributed by atoms with Gasteiger partial charge in [-0.1, -0.05) is 60.2 Å². The van der Waals surface area contributed by atoms with Crippen LogP contribution in [-0.4, -0.2) is 51.9 Å². The molecule has 2 fully saturated rings. The fraction of sp³-hybridized carbons (Fsp3) is 0.407. The number of allylic oxidation sites excluding steroid dienone is 2. The molecule has 3 aromatic rings. The van der Waals surface area contributed by atoms with E-state index in [-0.39, 0.29) is 11.9 Å². The molecule has 1 amide bonds. The molecule has 6 nitrogen and oxygen atoms in total. The highest BCUT2D eigenvalue weighted by molar-refractivity contribution is 6.05. The molecule has 1 N–H and O–H groups in total. The average molecular weight is 445 g/mol. The van der Waals surface area contributed by atoms with Gasteiger partial charge in [0.2, 0.25) is 0 Å². The second-order valence-electron chi connectivity index (χ2n) is 9.47. The smallest absolute Gasteiger partial charge is 0.272 e. The highest BCUT2D eigenvalue weighted by Gasteiger charge is 2.39. The van der Waals surface area contributed by atoms with Crippen LogP contribution in [0.3, 0.4) is 0 Å². The molecule has 6 heteroatoms. The molecule has 2 aliphatic heterocycles. The summed E-state index contributed by atoms with van der Waals surface area (Å²) in [6, 6.07) is 19.3. The van der Waals surface area contributed by atoms with Gasteiger partial charge in [0.05, 0.1) is 25.3 Å². The summed E-state index contributed by atoms with van der Waals surface area (Å²) in [7, 11) is 0. The third kappa shape index (κ3) is 4.72. The predicted octanol–water partition coefficient (Wildman–Crippen LogP) is 4.16. The molecule has 2 unspecified atom stereocenters. The van der Waals surface area contributed by atoms with E-state index in [0.717, 1.165) is 43.5 Å². The van der Waals surface area contributed by atoms with Crippen molar-refractivity contribution in [2.45, 2.75) is 57.9 Å². The first-order chi connectivity index (χ1) is 16.1. The maximum Gasteiger partial charge on any atom is 0.272 e. The highest BCUT2D eigenvalue weighted by atomic mass is 16.5. The summed E-state index contributed by atoms with van der Waals surface area (Å²) in [6.07, 6.45) is 3.92. The minimum atomic E-state index is -0.0809. The summed E-state index contributed by atoms with van der Waals surface area (Å²) < 4.78 is 7.79. The van der Waals surface area contributed by atoms with E-state index in [1.54, 1.807) is 0 Å². The molecule has 0 aliphatic carbocycles. The number of amides is 1. The van der Waals surface area contributed by atoms with Gasteiger partial charge in [-0.25, -0.2) is 0 Å². The number of nitrogens with one attached hydrogen (secondary N) is 1. The van der Waals surface area contributed by atoms with E-state index < -0.39 is 0 Å². The van der Waals surface area contributed by atoms with Gasteiger partial charge in [0.1, 0.15) is 0 Å². The number of nitrogens with zero attached hydrogens (tertiary/aromatic N) is 3. The van der Waals surface area contributed by atoms with E-state index in [2.05, 4.69) is 60.5 Å². The average Bonchev–Trinajstić information content (AvgIpc) is 3.18. The largest absolute Gasteiger partial charge is 0.378 e. The number of benzene rings is 2. The van der Waals surface area contributed by atoms with E-state index in [4.69, 9.17) is 9.84 Å². The molecular weight excluding hydrogens is 412 g/mol. The molecule has 33 heavy (non-hydrogen) atoms. The third-order valence-electron chi connectivity index (χ3n) is 6.76. The maximum atomic E-state index is 13.3. The number of carbonyl (C=O) groups is 1. The summed E-state index contributed by atoms with van der Waals surface area (Å²) >= 11 is 0. The molecule has 1 aromatic heterocycles. The Hall–Kier alpha value is -2.96. The van der Waals surface area contributed by atoms with Crippen molar-refractivity contribution < 1.29 is 9.53 Å². The molecule has 2 bridgehead atoms. The van der Waals surface area contributed by atoms with Gasteiger partial charge in [-0.05, 0) is 38.3 Å². The van der Waals surface area contributed by atoms with E-state index in [1.807, 2.05) is 28.9 Å². The molecule has 0 saturated carbocycles. The van der Waals surface area contributed by atoms with Crippen molar-refractivity contribution in [1.29, 1.82) is 0 Å². The number of aromatic nitrogens is 2. The first-order valence-corrected chi connectivity index (χ1v) is 11.9. The zero-order chi connectivity index (χ0) is 22.8. The number of piperidine rings is 1. The van der Waals surface area contributed by atoms with Gasteiger partial charge in [0.25, 0.3) is 5.91 Å². The van der Waals surface area contributed by atoms with Crippen LogP contribution < -0.4 is 5.32 Å². The summed E-state index contributed by atoms with van der Waals surface area (Å²) in [5.41, 5.74) is 4.06. The Morgan fingerprint density at radius 1 is 1.06 bits per heavy atom. The quantitative estimate of drug-likeness (QED) is 0.580. The predicted molar refractivity (Wildman–Crippen MR) is 130 cm³/mol. The Morgan fingerprint density at radius 2 is 1.76 bits per heavy atom. The minimum absolute atomic E-state index is 0.0809. The van der Waals surface area contributed by atoms with Gasteiger partial charge in [-0.15, -0.1) is 0 Å². The number of rotatable bonds is 6. The SMILES string of the molecule is CC(C)=CCn1nc(C(=O)NC2CC3COCC(C2)N3Cc2ccccc2)c2ccccc21. The van der Waals surface area contributed by atoms with Crippen LogP contribution in [-0.2, 0) is 17.8 Å². The lowest BCUT2D eigenvalue weighted by molar-refractivity contribution is -0.0843. The highest BCUT2D eigenvalue weighted by Crippen LogP contribution is 2.30. The standard InChI is InChI=1S/C27H32N4O2/c1-19(2)12-13-31-25-11-7-6-10-24(25)26(29-31)27(32)28-21-14-22-17-33-18-23(15-21)30(22)16-20-8-4-3-5-9-20/h3-12,21-23H,13-18H2,1-2H3,(H,28,32). The van der Waals surface area contributed by atoms with Crippen molar-refractivity contribution in [3.8, 4) is 0 Å². The van der Waals surface area contributed by atoms with Gasteiger partial charge in [-0.3, -0.25) is 14.4 Å². The fourth-order valence-electron chi connectivity index (χ4n) is 5.12. The molecule has 0 spiro atoms. The fourth-order valence-corrected chi connectivity index (χ4v) is 5.12. The van der Waals surface area contributed by atoms with Crippen molar-refractivity contribution in [3.63, 3.8) is 0 Å². The van der Waals surface area contributed by atoms with Crippen LogP contribution in [0.15, 0.2) is 66.2 Å². The summed E-state index contributed by atoms with van der Waals surface area (Å²) in [4.78, 5) is 15.9. The van der Waals surface area contributed by atoms with Gasteiger partial charge < -0.3 is 10.1 Å². The van der Waals surface area contributed by atoms with E-state index in [0.29, 0.717) is 24.3 Å². The number of hydrogen-bond acceptors (Lipinski definition) is 4. The molecular formula is C27H32N4O2. The van der Waals surface area contributed by atoms with Crippen LogP contribution in [0, 0.1) is 0 Å². The van der Waals surface area contributed by atoms with Gasteiger partial charge in [-0.2, -0.15) is 5.10 Å². The lowest BCUT2D eigenvalue weighted by atomic mass is 9.89. The normalized spacial score (nSPS) is 22.8. The second kappa shape index (κ2) is 9.49. The van der Waals surface area contributed by atoms with E-state index >= 15 is 0 Å². The number of carbonyl (C=O) groups excluding carboxylic acids is 1. The maximum absolute atomic E-state index is 13.3. The van der Waals surface area contributed by atoms with Crippen LogP contribution in [0.4, 0.5) is 0 Å². The first kappa shape index (κ1) is 21.9. The van der Waals surface area contributed by atoms with Crippen molar-refractivity contribution in [1.82, 2.24) is 20.0 Å². The molecule has 2 aliphatic rings. The lowest BCUT2D eigenvalue weighted by Crippen LogP contribution is -2.60. The Morgan fingerprint density at radius 3 is 2.48 bits per heavy atom. The molecule has 2 aromatic carbocycles. The zero-order valence-corrected chi connectivity index (χ0v) is 19.4. The lowest BCUT2D eigenvalue weighted by Gasteiger charge is -2.48. The number of para-hydroxylation sites is 1. The van der Waals surface area contributed by atoms with Crippen molar-refractivity contribution in [2.75, 3.05) is 13.2 Å². The molecule has 2 atom stereocenters. The Kier molecular flexibility index (Phi) is 6.29. The Bertz CT molecular complexity index is 1140. The van der Waals surface area contributed by atoms with Crippen LogP contribution >= 0.6 is 0 Å². The van der Waals surface area contributed by atoms with E-state index in [9.17, 15) is 4.79 Å². The first-order valence-electron chi connectivity index (χ1n) is 11.9. The summed E-state index contributed by atoms with van der Waals surface area (Å²) in [6.45, 7) is 7.18. The number of hydrogen-bond donors (Lipinski definition) is 1. The van der Waals surface area contributed by atoms with Gasteiger partial charge >= 0.3 is 0 Å². The minimum Gasteiger partial charge on any atom is -0.378 e. The van der Waals surface area contributed by atoms with Crippen molar-refractivity contribution in [3.05, 3.63) is 77.5 Å². The molecule has 0 radical (unpaired) electrons. The van der Waals surface area contributed by atoms with Gasteiger partial charge in [0.15, 0.2) is 5.69 Å². The van der Waals surface area contributed by atoms with Gasteiger partial charge in [0, 0.05) is 30.1 Å². The third-order valence-corrected chi connectivity index (χ3v) is 6.76. The topological polar surface area (TPSA) is 59.4 Å². The summed E-state index contributed by atoms with van der Waals surface area (Å²) in [5.74, 6) is -0.0809. The van der Waals surface area contributed by atoms with Crippen molar-refractivity contribution >= 4 is 16.8 Å². The zero-order valence-electron chi connectivity index (χ0n) is 19.4. The number of fused-ring (bicyclic) bond motifs is 3. The molecule has 5 rings (SSSR count). The van der Waals surface area contributed by atoms with Crippen LogP contribution in [0.1, 0.15) is 42.7 Å². The van der Waals surface area contributed by atoms with Crippen LogP contribution in [0.25, 0.3) is 10.9 Å². The second-order valence-corrected chi connectivity index (χ2v) is 9.47. The van der Waals surface area contributed by atoms with Crippen LogP contribution in [0.2, 0.25) is 0 Å². The monoisotopic (exact) mass is 444 g/mol. The molecule has 3 heterocycles. The Balaban J connectivity index is 1.31.